The molecule has 8 heteroatoms. The van der Waals surface area contributed by atoms with E-state index in [-0.39, 0.29) is 18.3 Å². The van der Waals surface area contributed by atoms with Gasteiger partial charge in [-0.1, -0.05) is 37.3 Å². The highest BCUT2D eigenvalue weighted by Crippen LogP contribution is 2.45. The lowest BCUT2D eigenvalue weighted by molar-refractivity contribution is 0.102. The van der Waals surface area contributed by atoms with Gasteiger partial charge in [-0.15, -0.1) is 35.1 Å². The third-order valence-corrected chi connectivity index (χ3v) is 8.60. The Labute approximate surface area is 230 Å². The molecule has 0 atom stereocenters. The molecule has 188 valence electrons. The first kappa shape index (κ1) is 25.4. The van der Waals surface area contributed by atoms with E-state index in [0.717, 1.165) is 57.6 Å². The summed E-state index contributed by atoms with van der Waals surface area (Å²) in [5, 5.41) is 5.07. The largest absolute Gasteiger partial charge is 0.457 e. The van der Waals surface area contributed by atoms with Crippen molar-refractivity contribution in [3.05, 3.63) is 94.9 Å². The summed E-state index contributed by atoms with van der Waals surface area (Å²) in [6.45, 7) is 5.15. The summed E-state index contributed by atoms with van der Waals surface area (Å²) >= 11 is 3.37. The maximum Gasteiger partial charge on any atom is 0.256 e. The van der Waals surface area contributed by atoms with Crippen LogP contribution in [0.1, 0.15) is 27.7 Å². The SMILES string of the molecule is CCN1CCc2c(sc(NC(=O)c3ccc(Oc4ccccc4)cc3)c2-c2nc3ccccc3s2)C1.Cl. The van der Waals surface area contributed by atoms with Crippen LogP contribution in [0.5, 0.6) is 11.5 Å². The molecule has 0 bridgehead atoms. The summed E-state index contributed by atoms with van der Waals surface area (Å²) in [5.74, 6) is 1.33. The number of hydrogen-bond donors (Lipinski definition) is 1. The van der Waals surface area contributed by atoms with Crippen molar-refractivity contribution in [3.63, 3.8) is 0 Å². The van der Waals surface area contributed by atoms with Gasteiger partial charge in [0, 0.05) is 29.1 Å². The highest BCUT2D eigenvalue weighted by Gasteiger charge is 2.27. The zero-order valence-corrected chi connectivity index (χ0v) is 22.7. The Bertz CT molecular complexity index is 1500. The number of fused-ring (bicyclic) bond motifs is 2. The van der Waals surface area contributed by atoms with E-state index in [4.69, 9.17) is 9.72 Å². The van der Waals surface area contributed by atoms with Crippen LogP contribution in [0.25, 0.3) is 20.8 Å². The van der Waals surface area contributed by atoms with Crippen LogP contribution in [-0.2, 0) is 13.0 Å². The van der Waals surface area contributed by atoms with Gasteiger partial charge >= 0.3 is 0 Å². The number of aromatic nitrogens is 1. The Hall–Kier alpha value is -3.23. The van der Waals surface area contributed by atoms with Gasteiger partial charge in [0.25, 0.3) is 5.91 Å². The summed E-state index contributed by atoms with van der Waals surface area (Å²) in [5.41, 5.74) is 4.00. The molecule has 0 saturated carbocycles. The van der Waals surface area contributed by atoms with Gasteiger partial charge in [0.2, 0.25) is 0 Å². The second-order valence-electron chi connectivity index (χ2n) is 8.71. The van der Waals surface area contributed by atoms with Crippen LogP contribution in [-0.4, -0.2) is 28.9 Å². The van der Waals surface area contributed by atoms with Gasteiger partial charge in [-0.2, -0.15) is 0 Å². The highest BCUT2D eigenvalue weighted by atomic mass is 35.5. The molecule has 1 aliphatic rings. The fourth-order valence-corrected chi connectivity index (χ4v) is 6.89. The zero-order chi connectivity index (χ0) is 24.5. The maximum atomic E-state index is 13.3. The number of carbonyl (C=O) groups is 1. The Balaban J connectivity index is 0.00000280. The number of likely N-dealkylation sites (N-methyl/N-ethyl adjacent to an activating group) is 1. The van der Waals surface area contributed by atoms with E-state index in [1.807, 2.05) is 60.7 Å². The Morgan fingerprint density at radius 1 is 0.973 bits per heavy atom. The number of anilines is 1. The molecule has 1 aliphatic heterocycles. The summed E-state index contributed by atoms with van der Waals surface area (Å²) in [6, 6.07) is 25.1. The number of thiazole rings is 1. The molecule has 37 heavy (non-hydrogen) atoms. The van der Waals surface area contributed by atoms with Gasteiger partial charge in [-0.3, -0.25) is 9.69 Å². The number of carbonyl (C=O) groups excluding carboxylic acids is 1. The Morgan fingerprint density at radius 3 is 2.46 bits per heavy atom. The Kier molecular flexibility index (Phi) is 7.58. The summed E-state index contributed by atoms with van der Waals surface area (Å²) in [6.07, 6.45) is 0.965. The topological polar surface area (TPSA) is 54.5 Å². The smallest absolute Gasteiger partial charge is 0.256 e. The van der Waals surface area contributed by atoms with Crippen LogP contribution >= 0.6 is 35.1 Å². The summed E-state index contributed by atoms with van der Waals surface area (Å²) in [7, 11) is 0. The number of rotatable bonds is 6. The van der Waals surface area contributed by atoms with Crippen LogP contribution in [0.2, 0.25) is 0 Å². The predicted molar refractivity (Wildman–Crippen MR) is 156 cm³/mol. The van der Waals surface area contributed by atoms with E-state index in [2.05, 4.69) is 23.2 Å². The third-order valence-electron chi connectivity index (χ3n) is 6.41. The number of nitrogens with zero attached hydrogens (tertiary/aromatic N) is 2. The number of amides is 1. The van der Waals surface area contributed by atoms with E-state index < -0.39 is 0 Å². The average molecular weight is 548 g/mol. The molecular formula is C29H26ClN3O2S2. The molecule has 1 N–H and O–H groups in total. The molecule has 1 amide bonds. The molecule has 3 heterocycles. The first-order valence-corrected chi connectivity index (χ1v) is 13.7. The molecule has 5 nitrogen and oxygen atoms in total. The van der Waals surface area contributed by atoms with Gasteiger partial charge < -0.3 is 10.1 Å². The van der Waals surface area contributed by atoms with Gasteiger partial charge in [0.15, 0.2) is 0 Å². The normalized spacial score (nSPS) is 13.1. The van der Waals surface area contributed by atoms with Crippen molar-refractivity contribution in [2.45, 2.75) is 19.9 Å². The molecule has 0 fully saturated rings. The molecule has 6 rings (SSSR count). The van der Waals surface area contributed by atoms with Crippen LogP contribution in [0.15, 0.2) is 78.9 Å². The molecule has 5 aromatic rings. The molecule has 0 saturated heterocycles. The van der Waals surface area contributed by atoms with Crippen molar-refractivity contribution >= 4 is 56.2 Å². The lowest BCUT2D eigenvalue weighted by Gasteiger charge is -2.25. The highest BCUT2D eigenvalue weighted by molar-refractivity contribution is 7.23. The lowest BCUT2D eigenvalue weighted by Crippen LogP contribution is -2.29. The number of thiophene rings is 1. The van der Waals surface area contributed by atoms with Crippen molar-refractivity contribution in [2.75, 3.05) is 18.4 Å². The fraction of sp³-hybridized carbons (Fsp3) is 0.172. The minimum absolute atomic E-state index is 0. The maximum absolute atomic E-state index is 13.3. The number of halogens is 1. The molecule has 0 unspecified atom stereocenters. The molecule has 0 spiro atoms. The molecular weight excluding hydrogens is 522 g/mol. The first-order chi connectivity index (χ1) is 17.7. The number of hydrogen-bond acceptors (Lipinski definition) is 6. The third kappa shape index (κ3) is 5.26. The van der Waals surface area contributed by atoms with E-state index >= 15 is 0 Å². The predicted octanol–water partition coefficient (Wildman–Crippen LogP) is 7.87. The monoisotopic (exact) mass is 547 g/mol. The van der Waals surface area contributed by atoms with Crippen LogP contribution in [0.3, 0.4) is 0 Å². The standard InChI is InChI=1S/C29H25N3O2S2.ClH/c1-2-32-17-16-22-25(18-32)36-29(26(22)28-30-23-10-6-7-11-24(23)35-28)31-27(33)19-12-14-21(15-13-19)34-20-8-4-3-5-9-20;/h3-15H,2,16-18H2,1H3,(H,31,33);1H. The van der Waals surface area contributed by atoms with Crippen molar-refractivity contribution in [2.24, 2.45) is 0 Å². The number of benzene rings is 3. The number of nitrogens with one attached hydrogen (secondary N) is 1. The number of para-hydroxylation sites is 2. The van der Waals surface area contributed by atoms with E-state index in [1.54, 1.807) is 34.8 Å². The van der Waals surface area contributed by atoms with Crippen LogP contribution in [0.4, 0.5) is 5.00 Å². The van der Waals surface area contributed by atoms with Gasteiger partial charge in [0.1, 0.15) is 21.5 Å². The minimum atomic E-state index is -0.130. The van der Waals surface area contributed by atoms with E-state index in [1.165, 1.54) is 10.4 Å². The first-order valence-electron chi connectivity index (χ1n) is 12.0. The summed E-state index contributed by atoms with van der Waals surface area (Å²) < 4.78 is 7.03. The lowest BCUT2D eigenvalue weighted by atomic mass is 10.0. The van der Waals surface area contributed by atoms with Gasteiger partial charge in [-0.25, -0.2) is 4.98 Å². The number of ether oxygens (including phenoxy) is 1. The van der Waals surface area contributed by atoms with Crippen LogP contribution in [0, 0.1) is 0 Å². The van der Waals surface area contributed by atoms with E-state index in [0.29, 0.717) is 11.3 Å². The van der Waals surface area contributed by atoms with Crippen molar-refractivity contribution in [1.29, 1.82) is 0 Å². The van der Waals surface area contributed by atoms with Crippen molar-refractivity contribution in [3.8, 4) is 22.1 Å². The quantitative estimate of drug-likeness (QED) is 0.235. The molecule has 3 aromatic carbocycles. The zero-order valence-electron chi connectivity index (χ0n) is 20.3. The molecule has 2 aromatic heterocycles. The van der Waals surface area contributed by atoms with Gasteiger partial charge in [0.05, 0.1) is 10.2 Å². The summed E-state index contributed by atoms with van der Waals surface area (Å²) in [4.78, 5) is 22.0. The average Bonchev–Trinajstić information content (AvgIpc) is 3.49. The van der Waals surface area contributed by atoms with Crippen molar-refractivity contribution < 1.29 is 9.53 Å². The second-order valence-corrected chi connectivity index (χ2v) is 10.8. The second kappa shape index (κ2) is 11.0. The van der Waals surface area contributed by atoms with E-state index in [9.17, 15) is 4.79 Å². The molecule has 0 radical (unpaired) electrons. The Morgan fingerprint density at radius 2 is 1.70 bits per heavy atom. The fourth-order valence-electron chi connectivity index (χ4n) is 4.49. The van der Waals surface area contributed by atoms with Crippen molar-refractivity contribution in [1.82, 2.24) is 9.88 Å². The van der Waals surface area contributed by atoms with Gasteiger partial charge in [-0.05, 0) is 67.1 Å². The molecule has 0 aliphatic carbocycles. The van der Waals surface area contributed by atoms with Crippen LogP contribution < -0.4 is 10.1 Å². The minimum Gasteiger partial charge on any atom is -0.457 e.